The molecule has 0 spiro atoms. The first kappa shape index (κ1) is 30.4. The number of benzene rings is 4. The minimum absolute atomic E-state index is 0.116. The Morgan fingerprint density at radius 1 is 0.732 bits per heavy atom. The summed E-state index contributed by atoms with van der Waals surface area (Å²) in [4.78, 5) is 29.9. The van der Waals surface area contributed by atoms with Gasteiger partial charge in [-0.2, -0.15) is 0 Å². The molecule has 0 saturated carbocycles. The molecule has 6 heteroatoms. The largest absolute Gasteiger partial charge is 0.354 e. The molecule has 0 saturated heterocycles. The lowest BCUT2D eigenvalue weighted by atomic mass is 9.87. The fourth-order valence-corrected chi connectivity index (χ4v) is 5.22. The number of rotatable bonds is 12. The molecule has 0 fully saturated rings. The smallest absolute Gasteiger partial charge is 0.243 e. The van der Waals surface area contributed by atoms with Crippen LogP contribution in [-0.2, 0) is 22.6 Å². The molecule has 0 aliphatic rings. The Bertz CT molecular complexity index is 1370. The summed E-state index contributed by atoms with van der Waals surface area (Å²) < 4.78 is 0. The van der Waals surface area contributed by atoms with Crippen LogP contribution in [0.1, 0.15) is 48.4 Å². The van der Waals surface area contributed by atoms with Gasteiger partial charge in [-0.1, -0.05) is 134 Å². The maximum atomic E-state index is 14.4. The number of nitrogens with zero attached hydrogens (tertiary/aromatic N) is 1. The van der Waals surface area contributed by atoms with E-state index >= 15 is 0 Å². The first-order valence-corrected chi connectivity index (χ1v) is 14.7. The van der Waals surface area contributed by atoms with Gasteiger partial charge >= 0.3 is 0 Å². The summed E-state index contributed by atoms with van der Waals surface area (Å²) in [6.07, 6.45) is 0.595. The van der Waals surface area contributed by atoms with Crippen LogP contribution in [-0.4, -0.2) is 29.3 Å². The predicted octanol–water partition coefficient (Wildman–Crippen LogP) is 7.93. The summed E-state index contributed by atoms with van der Waals surface area (Å²) >= 11 is 12.6. The molecule has 0 aliphatic heterocycles. The Hall–Kier alpha value is -3.60. The van der Waals surface area contributed by atoms with Gasteiger partial charge in [0.25, 0.3) is 0 Å². The molecule has 1 N–H and O–H groups in total. The number of amides is 2. The number of halogens is 2. The molecule has 0 unspecified atom stereocenters. The minimum Gasteiger partial charge on any atom is -0.354 e. The van der Waals surface area contributed by atoms with Crippen molar-refractivity contribution in [2.45, 2.75) is 45.2 Å². The van der Waals surface area contributed by atoms with Crippen molar-refractivity contribution in [1.82, 2.24) is 10.2 Å². The molecule has 41 heavy (non-hydrogen) atoms. The zero-order valence-corrected chi connectivity index (χ0v) is 25.0. The summed E-state index contributed by atoms with van der Waals surface area (Å²) in [5.74, 6) is -0.185. The van der Waals surface area contributed by atoms with Crippen LogP contribution in [0.5, 0.6) is 0 Å². The number of hydrogen-bond donors (Lipinski definition) is 1. The molecule has 0 radical (unpaired) electrons. The Labute approximate surface area is 253 Å². The van der Waals surface area contributed by atoms with Crippen LogP contribution < -0.4 is 5.32 Å². The first-order chi connectivity index (χ1) is 19.8. The van der Waals surface area contributed by atoms with Gasteiger partial charge in [0.05, 0.1) is 10.0 Å². The van der Waals surface area contributed by atoms with E-state index < -0.39 is 6.04 Å². The lowest BCUT2D eigenvalue weighted by Crippen LogP contribution is -2.51. The Morgan fingerprint density at radius 3 is 1.83 bits per heavy atom. The number of carbonyl (C=O) groups is 2. The highest BCUT2D eigenvalue weighted by Crippen LogP contribution is 2.30. The maximum absolute atomic E-state index is 14.4. The SMILES string of the molecule is CC(C)CNC(=O)[C@H](Cc1ccccc1)N(Cc1ccc(Cl)c(Cl)c1)C(=O)CC(c1ccccc1)c1ccccc1. The first-order valence-electron chi connectivity index (χ1n) is 14.0. The Morgan fingerprint density at radius 2 is 1.29 bits per heavy atom. The van der Waals surface area contributed by atoms with Gasteiger partial charge in [-0.05, 0) is 40.3 Å². The molecule has 4 nitrogen and oxygen atoms in total. The average molecular weight is 588 g/mol. The molecule has 4 aromatic carbocycles. The molecular formula is C35H36Cl2N2O2. The molecule has 0 aliphatic carbocycles. The van der Waals surface area contributed by atoms with Crippen molar-refractivity contribution in [3.63, 3.8) is 0 Å². The molecule has 0 aromatic heterocycles. The van der Waals surface area contributed by atoms with E-state index in [1.54, 1.807) is 17.0 Å². The van der Waals surface area contributed by atoms with Gasteiger partial charge in [0.15, 0.2) is 0 Å². The maximum Gasteiger partial charge on any atom is 0.243 e. The minimum atomic E-state index is -0.717. The van der Waals surface area contributed by atoms with Crippen LogP contribution in [0, 0.1) is 5.92 Å². The average Bonchev–Trinajstić information content (AvgIpc) is 2.99. The molecule has 4 rings (SSSR count). The number of hydrogen-bond acceptors (Lipinski definition) is 2. The Kier molecular flexibility index (Phi) is 11.0. The van der Waals surface area contributed by atoms with E-state index in [1.165, 1.54) is 0 Å². The third-order valence-electron chi connectivity index (χ3n) is 7.08. The Balaban J connectivity index is 1.74. The van der Waals surface area contributed by atoms with Gasteiger partial charge < -0.3 is 10.2 Å². The van der Waals surface area contributed by atoms with Gasteiger partial charge in [-0.3, -0.25) is 9.59 Å². The van der Waals surface area contributed by atoms with Crippen molar-refractivity contribution in [1.29, 1.82) is 0 Å². The lowest BCUT2D eigenvalue weighted by Gasteiger charge is -2.33. The quantitative estimate of drug-likeness (QED) is 0.183. The number of nitrogens with one attached hydrogen (secondary N) is 1. The second-order valence-electron chi connectivity index (χ2n) is 10.7. The van der Waals surface area contributed by atoms with Crippen molar-refractivity contribution in [2.75, 3.05) is 6.54 Å². The van der Waals surface area contributed by atoms with E-state index in [0.29, 0.717) is 23.0 Å². The third kappa shape index (κ3) is 8.69. The highest BCUT2D eigenvalue weighted by Gasteiger charge is 2.32. The summed E-state index contributed by atoms with van der Waals surface area (Å²) in [5.41, 5.74) is 3.88. The van der Waals surface area contributed by atoms with Crippen LogP contribution >= 0.6 is 23.2 Å². The topological polar surface area (TPSA) is 49.4 Å². The van der Waals surface area contributed by atoms with Gasteiger partial charge in [0.2, 0.25) is 11.8 Å². The molecular weight excluding hydrogens is 551 g/mol. The van der Waals surface area contributed by atoms with Gasteiger partial charge in [0.1, 0.15) is 6.04 Å². The van der Waals surface area contributed by atoms with Crippen LogP contribution in [0.3, 0.4) is 0 Å². The highest BCUT2D eigenvalue weighted by molar-refractivity contribution is 6.42. The molecule has 1 atom stereocenters. The predicted molar refractivity (Wildman–Crippen MR) is 168 cm³/mol. The van der Waals surface area contributed by atoms with E-state index in [9.17, 15) is 9.59 Å². The molecule has 4 aromatic rings. The second kappa shape index (κ2) is 14.9. The monoisotopic (exact) mass is 586 g/mol. The summed E-state index contributed by atoms with van der Waals surface area (Å²) in [7, 11) is 0. The van der Waals surface area contributed by atoms with Crippen molar-refractivity contribution < 1.29 is 9.59 Å². The fourth-order valence-electron chi connectivity index (χ4n) is 4.90. The van der Waals surface area contributed by atoms with Crippen LogP contribution in [0.25, 0.3) is 0 Å². The third-order valence-corrected chi connectivity index (χ3v) is 7.81. The van der Waals surface area contributed by atoms with E-state index in [4.69, 9.17) is 23.2 Å². The fraction of sp³-hybridized carbons (Fsp3) is 0.257. The summed E-state index contributed by atoms with van der Waals surface area (Å²) in [6, 6.07) is 34.5. The number of carbonyl (C=O) groups excluding carboxylic acids is 2. The van der Waals surface area contributed by atoms with E-state index in [0.717, 1.165) is 22.3 Å². The molecule has 212 valence electrons. The summed E-state index contributed by atoms with van der Waals surface area (Å²) in [5, 5.41) is 3.93. The summed E-state index contributed by atoms with van der Waals surface area (Å²) in [6.45, 7) is 4.85. The normalized spacial score (nSPS) is 11.9. The van der Waals surface area contributed by atoms with E-state index in [1.807, 2.05) is 97.1 Å². The van der Waals surface area contributed by atoms with Gasteiger partial charge in [0, 0.05) is 31.8 Å². The van der Waals surface area contributed by atoms with Crippen molar-refractivity contribution >= 4 is 35.0 Å². The van der Waals surface area contributed by atoms with Crippen molar-refractivity contribution in [3.05, 3.63) is 141 Å². The van der Waals surface area contributed by atoms with Crippen molar-refractivity contribution in [3.8, 4) is 0 Å². The lowest BCUT2D eigenvalue weighted by molar-refractivity contribution is -0.141. The highest BCUT2D eigenvalue weighted by atomic mass is 35.5. The standard InChI is InChI=1S/C35H36Cl2N2O2/c1-25(2)23-38-35(41)33(21-26-12-6-3-7-13-26)39(24-27-18-19-31(36)32(37)20-27)34(40)22-30(28-14-8-4-9-15-28)29-16-10-5-11-17-29/h3-20,25,30,33H,21-24H2,1-2H3,(H,38,41)/t33-/m0/s1. The van der Waals surface area contributed by atoms with Crippen LogP contribution in [0.15, 0.2) is 109 Å². The van der Waals surface area contributed by atoms with Crippen molar-refractivity contribution in [2.24, 2.45) is 5.92 Å². The van der Waals surface area contributed by atoms with Gasteiger partial charge in [-0.25, -0.2) is 0 Å². The van der Waals surface area contributed by atoms with E-state index in [-0.39, 0.29) is 36.6 Å². The molecule has 2 amide bonds. The van der Waals surface area contributed by atoms with E-state index in [2.05, 4.69) is 19.2 Å². The van der Waals surface area contributed by atoms with Crippen LogP contribution in [0.4, 0.5) is 0 Å². The van der Waals surface area contributed by atoms with Gasteiger partial charge in [-0.15, -0.1) is 0 Å². The van der Waals surface area contributed by atoms with Crippen LogP contribution in [0.2, 0.25) is 10.0 Å². The zero-order chi connectivity index (χ0) is 29.2. The second-order valence-corrected chi connectivity index (χ2v) is 11.5. The molecule has 0 heterocycles. The zero-order valence-electron chi connectivity index (χ0n) is 23.5. The molecule has 0 bridgehead atoms.